The Balaban J connectivity index is 1.76. The molecule has 0 bridgehead atoms. The lowest BCUT2D eigenvalue weighted by Gasteiger charge is -2.09. The molecule has 7 heteroatoms. The number of nitrogens with zero attached hydrogens (tertiary/aromatic N) is 2. The quantitative estimate of drug-likeness (QED) is 0.872. The fraction of sp³-hybridized carbons (Fsp3) is 0.300. The van der Waals surface area contributed by atoms with Crippen molar-refractivity contribution in [3.05, 3.63) is 29.0 Å². The molecule has 0 spiro atoms. The van der Waals surface area contributed by atoms with Gasteiger partial charge in [0.05, 0.1) is 11.2 Å². The number of aromatic nitrogens is 2. The van der Waals surface area contributed by atoms with Crippen LogP contribution in [0, 0.1) is 0 Å². The maximum atomic E-state index is 11.4. The Labute approximate surface area is 102 Å². The summed E-state index contributed by atoms with van der Waals surface area (Å²) in [6.45, 7) is 2.52. The highest BCUT2D eigenvalue weighted by atomic mass is 32.1. The molecule has 2 rings (SSSR count). The Hall–Kier alpha value is -1.89. The van der Waals surface area contributed by atoms with Crippen molar-refractivity contribution >= 4 is 23.4 Å². The standard InChI is InChI=1S/C10H12N4O2S/c1-7(8-11-3-5-17-8)6-13-9(15)14-10-12-2-4-16-10/h2-5,7H,6H2,1H3,(H2,12,13,14,15)/t7-/m0/s1. The number of oxazole rings is 1. The molecule has 0 aliphatic heterocycles. The summed E-state index contributed by atoms with van der Waals surface area (Å²) in [5.74, 6) is 0.185. The van der Waals surface area contributed by atoms with Crippen molar-refractivity contribution in [2.24, 2.45) is 0 Å². The van der Waals surface area contributed by atoms with Gasteiger partial charge in [0.15, 0.2) is 0 Å². The van der Waals surface area contributed by atoms with E-state index in [1.165, 1.54) is 12.5 Å². The number of rotatable bonds is 4. The summed E-state index contributed by atoms with van der Waals surface area (Å²) >= 11 is 1.57. The zero-order valence-electron chi connectivity index (χ0n) is 9.21. The fourth-order valence-corrected chi connectivity index (χ4v) is 1.94. The molecular formula is C10H12N4O2S. The number of carbonyl (C=O) groups excluding carboxylic acids is 1. The number of hydrogen-bond acceptors (Lipinski definition) is 5. The second kappa shape index (κ2) is 5.44. The average molecular weight is 252 g/mol. The van der Waals surface area contributed by atoms with Gasteiger partial charge in [-0.25, -0.2) is 14.8 Å². The normalized spacial score (nSPS) is 12.1. The van der Waals surface area contributed by atoms with Gasteiger partial charge in [0.25, 0.3) is 0 Å². The molecule has 6 nitrogen and oxygen atoms in total. The Morgan fingerprint density at radius 3 is 3.06 bits per heavy atom. The number of hydrogen-bond donors (Lipinski definition) is 2. The van der Waals surface area contributed by atoms with E-state index in [9.17, 15) is 4.79 Å². The van der Waals surface area contributed by atoms with E-state index >= 15 is 0 Å². The van der Waals surface area contributed by atoms with Crippen molar-refractivity contribution < 1.29 is 9.21 Å². The van der Waals surface area contributed by atoms with Crippen LogP contribution in [0.1, 0.15) is 17.8 Å². The third kappa shape index (κ3) is 3.28. The summed E-state index contributed by atoms with van der Waals surface area (Å²) in [5, 5.41) is 8.12. The SMILES string of the molecule is C[C@@H](CNC(=O)Nc1ncco1)c1nccs1. The second-order valence-corrected chi connectivity index (χ2v) is 4.37. The molecule has 0 fully saturated rings. The first-order valence-corrected chi connectivity index (χ1v) is 5.97. The lowest BCUT2D eigenvalue weighted by atomic mass is 10.2. The van der Waals surface area contributed by atoms with Crippen LogP contribution in [-0.2, 0) is 0 Å². The summed E-state index contributed by atoms with van der Waals surface area (Å²) in [6, 6.07) is -0.153. The molecule has 2 heterocycles. The van der Waals surface area contributed by atoms with Gasteiger partial charge in [-0.15, -0.1) is 11.3 Å². The lowest BCUT2D eigenvalue weighted by Crippen LogP contribution is -2.31. The molecule has 0 aliphatic carbocycles. The third-order valence-corrected chi connectivity index (χ3v) is 3.10. The van der Waals surface area contributed by atoms with Crippen LogP contribution in [0.4, 0.5) is 10.8 Å². The van der Waals surface area contributed by atoms with Crippen molar-refractivity contribution in [3.63, 3.8) is 0 Å². The Morgan fingerprint density at radius 1 is 1.53 bits per heavy atom. The molecular weight excluding hydrogens is 240 g/mol. The van der Waals surface area contributed by atoms with Crippen molar-refractivity contribution in [2.45, 2.75) is 12.8 Å². The van der Waals surface area contributed by atoms with Crippen LogP contribution in [-0.4, -0.2) is 22.5 Å². The van der Waals surface area contributed by atoms with Gasteiger partial charge in [0, 0.05) is 24.0 Å². The van der Waals surface area contributed by atoms with Crippen LogP contribution in [0.5, 0.6) is 0 Å². The minimum atomic E-state index is -0.337. The van der Waals surface area contributed by atoms with Gasteiger partial charge in [-0.3, -0.25) is 5.32 Å². The first-order chi connectivity index (χ1) is 8.25. The van der Waals surface area contributed by atoms with E-state index in [1.54, 1.807) is 17.5 Å². The Bertz CT molecular complexity index is 455. The Kier molecular flexibility index (Phi) is 3.71. The van der Waals surface area contributed by atoms with Crippen molar-refractivity contribution in [1.82, 2.24) is 15.3 Å². The van der Waals surface area contributed by atoms with E-state index in [2.05, 4.69) is 20.6 Å². The Morgan fingerprint density at radius 2 is 2.41 bits per heavy atom. The van der Waals surface area contributed by atoms with Crippen LogP contribution < -0.4 is 10.6 Å². The molecule has 0 saturated heterocycles. The van der Waals surface area contributed by atoms with Gasteiger partial charge in [0.1, 0.15) is 6.26 Å². The van der Waals surface area contributed by atoms with E-state index < -0.39 is 0 Å². The first-order valence-electron chi connectivity index (χ1n) is 5.09. The van der Waals surface area contributed by atoms with Crippen LogP contribution in [0.2, 0.25) is 0 Å². The summed E-state index contributed by atoms with van der Waals surface area (Å²) in [5.41, 5.74) is 0. The number of carbonyl (C=O) groups is 1. The van der Waals surface area contributed by atoms with Crippen LogP contribution >= 0.6 is 11.3 Å². The number of urea groups is 1. The molecule has 0 aromatic carbocycles. The highest BCUT2D eigenvalue weighted by Crippen LogP contribution is 2.16. The zero-order valence-corrected chi connectivity index (χ0v) is 10.0. The first kappa shape index (κ1) is 11.6. The topological polar surface area (TPSA) is 80.0 Å². The number of anilines is 1. The predicted molar refractivity (Wildman–Crippen MR) is 64.1 cm³/mol. The maximum Gasteiger partial charge on any atom is 0.322 e. The van der Waals surface area contributed by atoms with Crippen molar-refractivity contribution in [2.75, 3.05) is 11.9 Å². The van der Waals surface area contributed by atoms with Crippen molar-refractivity contribution in [1.29, 1.82) is 0 Å². The van der Waals surface area contributed by atoms with Gasteiger partial charge in [0.2, 0.25) is 0 Å². The zero-order chi connectivity index (χ0) is 12.1. The van der Waals surface area contributed by atoms with Gasteiger partial charge < -0.3 is 9.73 Å². The van der Waals surface area contributed by atoms with Crippen molar-refractivity contribution in [3.8, 4) is 0 Å². The fourth-order valence-electron chi connectivity index (χ4n) is 1.24. The smallest absolute Gasteiger partial charge is 0.322 e. The summed E-state index contributed by atoms with van der Waals surface area (Å²) in [4.78, 5) is 19.4. The lowest BCUT2D eigenvalue weighted by molar-refractivity contribution is 0.251. The second-order valence-electron chi connectivity index (χ2n) is 3.44. The van der Waals surface area contributed by atoms with E-state index in [0.29, 0.717) is 6.54 Å². The summed E-state index contributed by atoms with van der Waals surface area (Å²) in [7, 11) is 0. The number of amides is 2. The molecule has 17 heavy (non-hydrogen) atoms. The minimum absolute atomic E-state index is 0.185. The van der Waals surface area contributed by atoms with Gasteiger partial charge in [-0.05, 0) is 0 Å². The molecule has 0 unspecified atom stereocenters. The minimum Gasteiger partial charge on any atom is -0.432 e. The highest BCUT2D eigenvalue weighted by molar-refractivity contribution is 7.09. The molecule has 90 valence electrons. The largest absolute Gasteiger partial charge is 0.432 e. The molecule has 2 aromatic rings. The van der Waals surface area contributed by atoms with Crippen LogP contribution in [0.25, 0.3) is 0 Å². The van der Waals surface area contributed by atoms with Gasteiger partial charge in [-0.2, -0.15) is 0 Å². The maximum absolute atomic E-state index is 11.4. The molecule has 0 radical (unpaired) electrons. The highest BCUT2D eigenvalue weighted by Gasteiger charge is 2.10. The third-order valence-electron chi connectivity index (χ3n) is 2.09. The van der Waals surface area contributed by atoms with Crippen LogP contribution in [0.15, 0.2) is 28.5 Å². The molecule has 0 saturated carbocycles. The molecule has 2 aromatic heterocycles. The average Bonchev–Trinajstić information content (AvgIpc) is 2.97. The number of thiazole rings is 1. The van der Waals surface area contributed by atoms with Crippen LogP contribution in [0.3, 0.4) is 0 Å². The summed E-state index contributed by atoms with van der Waals surface area (Å²) in [6.07, 6.45) is 4.62. The monoisotopic (exact) mass is 252 g/mol. The molecule has 2 amide bonds. The predicted octanol–water partition coefficient (Wildman–Crippen LogP) is 2.06. The molecule has 1 atom stereocenters. The van der Waals surface area contributed by atoms with E-state index in [-0.39, 0.29) is 18.0 Å². The van der Waals surface area contributed by atoms with E-state index in [4.69, 9.17) is 4.42 Å². The molecule has 0 aliphatic rings. The van der Waals surface area contributed by atoms with Gasteiger partial charge in [-0.1, -0.05) is 6.92 Å². The summed E-state index contributed by atoms with van der Waals surface area (Å²) < 4.78 is 4.89. The van der Waals surface area contributed by atoms with Gasteiger partial charge >= 0.3 is 12.0 Å². The van der Waals surface area contributed by atoms with E-state index in [0.717, 1.165) is 5.01 Å². The number of nitrogens with one attached hydrogen (secondary N) is 2. The molecule has 2 N–H and O–H groups in total. The van der Waals surface area contributed by atoms with E-state index in [1.807, 2.05) is 12.3 Å².